The Morgan fingerprint density at radius 2 is 1.28 bits per heavy atom. The van der Waals surface area contributed by atoms with Crippen molar-refractivity contribution in [2.45, 2.75) is 173 Å². The fourth-order valence-electron chi connectivity index (χ4n) is 6.44. The number of piperidine rings is 1. The Morgan fingerprint density at radius 1 is 0.745 bits per heavy atom. The zero-order valence-corrected chi connectivity index (χ0v) is 31.1. The minimum absolute atomic E-state index is 0.256. The highest BCUT2D eigenvalue weighted by Gasteiger charge is 2.26. The van der Waals surface area contributed by atoms with E-state index < -0.39 is 0 Å². The van der Waals surface area contributed by atoms with E-state index in [1.165, 1.54) is 127 Å². The summed E-state index contributed by atoms with van der Waals surface area (Å²) in [5.41, 5.74) is 0. The zero-order chi connectivity index (χ0) is 34.0. The number of hydrogen-bond acceptors (Lipinski definition) is 5. The molecular weight excluding hydrogens is 584 g/mol. The van der Waals surface area contributed by atoms with E-state index in [2.05, 4.69) is 21.7 Å². The van der Waals surface area contributed by atoms with E-state index in [0.717, 1.165) is 51.6 Å². The Hall–Kier alpha value is -1.99. The molecule has 1 atom stereocenters. The molecule has 0 aliphatic carbocycles. The summed E-state index contributed by atoms with van der Waals surface area (Å²) in [6, 6.07) is 5.97. The summed E-state index contributed by atoms with van der Waals surface area (Å²) < 4.78 is 0. The Labute approximate surface area is 290 Å². The first-order chi connectivity index (χ1) is 23.1. The van der Waals surface area contributed by atoms with E-state index in [1.54, 1.807) is 12.4 Å². The van der Waals surface area contributed by atoms with Crippen molar-refractivity contribution in [1.82, 2.24) is 19.8 Å². The minimum atomic E-state index is 0.256. The van der Waals surface area contributed by atoms with Crippen LogP contribution in [0.1, 0.15) is 167 Å². The van der Waals surface area contributed by atoms with E-state index in [1.807, 2.05) is 32.3 Å². The molecule has 1 unspecified atom stereocenters. The summed E-state index contributed by atoms with van der Waals surface area (Å²) in [7, 11) is 4.06. The smallest absolute Gasteiger partial charge is 0.233 e. The SMILES string of the molecule is CCCCCCCCCCCCCCCCCCCCCC(=O)N1CCCCC1CCON(C=O)CCCN(C)C.c1ccncc1. The molecule has 0 bridgehead atoms. The lowest BCUT2D eigenvalue weighted by atomic mass is 9.98. The number of carbonyl (C=O) groups is 2. The van der Waals surface area contributed by atoms with Crippen LogP contribution in [0.15, 0.2) is 30.6 Å². The molecule has 0 N–H and O–H groups in total. The molecule has 2 amide bonds. The number of likely N-dealkylation sites (tertiary alicyclic amines) is 1. The number of unbranched alkanes of at least 4 members (excludes halogenated alkanes) is 18. The number of nitrogens with zero attached hydrogens (tertiary/aromatic N) is 4. The number of carbonyl (C=O) groups excluding carboxylic acids is 2. The summed E-state index contributed by atoms with van der Waals surface area (Å²) in [6.07, 6.45) is 36.1. The molecule has 1 aliphatic heterocycles. The molecule has 2 rings (SSSR count). The first kappa shape index (κ1) is 43.0. The summed E-state index contributed by atoms with van der Waals surface area (Å²) in [5, 5.41) is 1.41. The van der Waals surface area contributed by atoms with Crippen molar-refractivity contribution >= 4 is 12.3 Å². The van der Waals surface area contributed by atoms with Crippen LogP contribution in [-0.2, 0) is 14.4 Å². The maximum absolute atomic E-state index is 13.0. The molecule has 1 saturated heterocycles. The van der Waals surface area contributed by atoms with Crippen LogP contribution in [0.4, 0.5) is 0 Å². The number of amides is 2. The Kier molecular flexibility index (Phi) is 29.8. The maximum Gasteiger partial charge on any atom is 0.233 e. The molecular formula is C40H74N4O3. The van der Waals surface area contributed by atoms with Crippen molar-refractivity contribution in [1.29, 1.82) is 0 Å². The first-order valence-corrected chi connectivity index (χ1v) is 19.7. The number of hydroxylamine groups is 2. The monoisotopic (exact) mass is 659 g/mol. The Bertz CT molecular complexity index is 783. The number of hydrogen-bond donors (Lipinski definition) is 0. The van der Waals surface area contributed by atoms with Crippen LogP contribution in [-0.4, -0.2) is 78.5 Å². The highest BCUT2D eigenvalue weighted by atomic mass is 16.7. The van der Waals surface area contributed by atoms with Gasteiger partial charge >= 0.3 is 0 Å². The second-order valence-electron chi connectivity index (χ2n) is 13.9. The quantitative estimate of drug-likeness (QED) is 0.0487. The Balaban J connectivity index is 0.00000164. The second kappa shape index (κ2) is 32.6. The van der Waals surface area contributed by atoms with Crippen LogP contribution in [0.3, 0.4) is 0 Å². The van der Waals surface area contributed by atoms with E-state index in [4.69, 9.17) is 4.84 Å². The molecule has 0 spiro atoms. The van der Waals surface area contributed by atoms with Gasteiger partial charge in [0, 0.05) is 37.9 Å². The molecule has 0 saturated carbocycles. The third-order valence-corrected chi connectivity index (χ3v) is 9.32. The predicted molar refractivity (Wildman–Crippen MR) is 198 cm³/mol. The molecule has 1 aromatic heterocycles. The lowest BCUT2D eigenvalue weighted by molar-refractivity contribution is -0.175. The first-order valence-electron chi connectivity index (χ1n) is 19.7. The van der Waals surface area contributed by atoms with Gasteiger partial charge in [-0.15, -0.1) is 0 Å². The molecule has 7 nitrogen and oxygen atoms in total. The molecule has 7 heteroatoms. The second-order valence-corrected chi connectivity index (χ2v) is 13.9. The molecule has 272 valence electrons. The zero-order valence-electron chi connectivity index (χ0n) is 31.1. The van der Waals surface area contributed by atoms with Crippen LogP contribution in [0, 0.1) is 0 Å². The van der Waals surface area contributed by atoms with Gasteiger partial charge in [0.1, 0.15) is 0 Å². The fraction of sp³-hybridized carbons (Fsp3) is 0.825. The van der Waals surface area contributed by atoms with Crippen molar-refractivity contribution in [3.63, 3.8) is 0 Å². The molecule has 1 fully saturated rings. The van der Waals surface area contributed by atoms with E-state index in [-0.39, 0.29) is 6.04 Å². The van der Waals surface area contributed by atoms with Crippen LogP contribution in [0.25, 0.3) is 0 Å². The van der Waals surface area contributed by atoms with E-state index in [9.17, 15) is 9.59 Å². The maximum atomic E-state index is 13.0. The number of pyridine rings is 1. The topological polar surface area (TPSA) is 66.0 Å². The average molecular weight is 659 g/mol. The molecule has 0 aromatic carbocycles. The van der Waals surface area contributed by atoms with Gasteiger partial charge in [-0.2, -0.15) is 0 Å². The number of rotatable bonds is 29. The van der Waals surface area contributed by atoms with Crippen molar-refractivity contribution < 1.29 is 14.4 Å². The number of aromatic nitrogens is 1. The van der Waals surface area contributed by atoms with Crippen LogP contribution in [0.5, 0.6) is 0 Å². The van der Waals surface area contributed by atoms with E-state index in [0.29, 0.717) is 25.5 Å². The normalized spacial score (nSPS) is 14.6. The van der Waals surface area contributed by atoms with Gasteiger partial charge in [-0.3, -0.25) is 19.4 Å². The lowest BCUT2D eigenvalue weighted by Gasteiger charge is -2.36. The Morgan fingerprint density at radius 3 is 1.72 bits per heavy atom. The van der Waals surface area contributed by atoms with Crippen LogP contribution in [0.2, 0.25) is 0 Å². The van der Waals surface area contributed by atoms with Gasteiger partial charge in [-0.05, 0) is 71.3 Å². The molecule has 1 aromatic rings. The van der Waals surface area contributed by atoms with Crippen molar-refractivity contribution in [3.05, 3.63) is 30.6 Å². The van der Waals surface area contributed by atoms with Crippen molar-refractivity contribution in [2.24, 2.45) is 0 Å². The van der Waals surface area contributed by atoms with Gasteiger partial charge in [-0.1, -0.05) is 129 Å². The highest BCUT2D eigenvalue weighted by Crippen LogP contribution is 2.22. The van der Waals surface area contributed by atoms with E-state index >= 15 is 0 Å². The van der Waals surface area contributed by atoms with Gasteiger partial charge in [0.15, 0.2) is 0 Å². The molecule has 2 heterocycles. The summed E-state index contributed by atoms with van der Waals surface area (Å²) >= 11 is 0. The molecule has 47 heavy (non-hydrogen) atoms. The minimum Gasteiger partial charge on any atom is -0.340 e. The highest BCUT2D eigenvalue weighted by molar-refractivity contribution is 5.76. The fourth-order valence-corrected chi connectivity index (χ4v) is 6.44. The van der Waals surface area contributed by atoms with Crippen molar-refractivity contribution in [3.8, 4) is 0 Å². The van der Waals surface area contributed by atoms with Gasteiger partial charge < -0.3 is 9.80 Å². The third-order valence-electron chi connectivity index (χ3n) is 9.32. The van der Waals surface area contributed by atoms with Gasteiger partial charge in [-0.25, -0.2) is 5.06 Å². The van der Waals surface area contributed by atoms with Crippen LogP contribution >= 0.6 is 0 Å². The van der Waals surface area contributed by atoms with Gasteiger partial charge in [0.25, 0.3) is 0 Å². The molecule has 0 radical (unpaired) electrons. The summed E-state index contributed by atoms with van der Waals surface area (Å²) in [5.74, 6) is 0.319. The third kappa shape index (κ3) is 26.6. The predicted octanol–water partition coefficient (Wildman–Crippen LogP) is 10.0. The molecule has 1 aliphatic rings. The largest absolute Gasteiger partial charge is 0.340 e. The van der Waals surface area contributed by atoms with Crippen LogP contribution < -0.4 is 0 Å². The van der Waals surface area contributed by atoms with Gasteiger partial charge in [0.05, 0.1) is 6.61 Å². The van der Waals surface area contributed by atoms with Crippen molar-refractivity contribution in [2.75, 3.05) is 40.3 Å². The standard InChI is InChI=1S/C35H69N3O3.C5H5N/c1-4-5-6-7-8-9-10-11-12-13-14-15-16-17-18-19-20-21-22-27-35(40)38-31-24-23-26-34(38)28-32-41-37(33-39)30-25-29-36(2)3;1-2-4-6-5-3-1/h33-34H,4-32H2,1-3H3;1-5H. The van der Waals surface area contributed by atoms with Gasteiger partial charge in [0.2, 0.25) is 12.3 Å². The summed E-state index contributed by atoms with van der Waals surface area (Å²) in [4.78, 5) is 38.0. The average Bonchev–Trinajstić information content (AvgIpc) is 3.09. The lowest BCUT2D eigenvalue weighted by Crippen LogP contribution is -2.44. The summed E-state index contributed by atoms with van der Waals surface area (Å²) in [6.45, 7) is 5.20.